The molecule has 4 rings (SSSR count). The van der Waals surface area contributed by atoms with Gasteiger partial charge < -0.3 is 10.1 Å². The van der Waals surface area contributed by atoms with Crippen molar-refractivity contribution < 1.29 is 9.53 Å². The Kier molecular flexibility index (Phi) is 6.80. The molecule has 0 unspecified atom stereocenters. The lowest BCUT2D eigenvalue weighted by Gasteiger charge is -2.06. The number of aryl methyl sites for hydroxylation is 1. The van der Waals surface area contributed by atoms with Gasteiger partial charge in [-0.3, -0.25) is 4.79 Å². The van der Waals surface area contributed by atoms with Crippen molar-refractivity contribution in [2.45, 2.75) is 24.7 Å². The molecule has 0 aliphatic carbocycles. The summed E-state index contributed by atoms with van der Waals surface area (Å²) in [6.07, 6.45) is 1.20. The summed E-state index contributed by atoms with van der Waals surface area (Å²) >= 11 is 9.13. The highest BCUT2D eigenvalue weighted by atomic mass is 35.5. The Labute approximate surface area is 193 Å². The number of fused-ring (bicyclic) bond motifs is 1. The third kappa shape index (κ3) is 5.39. The van der Waals surface area contributed by atoms with Crippen molar-refractivity contribution in [2.24, 2.45) is 0 Å². The Balaban J connectivity index is 1.39. The number of carbonyl (C=O) groups is 1. The first-order valence-electron chi connectivity index (χ1n) is 9.71. The molecule has 31 heavy (non-hydrogen) atoms. The second-order valence-corrected chi connectivity index (χ2v) is 9.48. The van der Waals surface area contributed by atoms with E-state index in [9.17, 15) is 4.79 Å². The molecule has 6 nitrogen and oxygen atoms in total. The minimum Gasteiger partial charge on any atom is -0.497 e. The molecule has 4 aromatic rings. The number of carbonyl (C=O) groups excluding carboxylic acids is 1. The summed E-state index contributed by atoms with van der Waals surface area (Å²) in [6.45, 7) is 1.89. The number of hydrogen-bond donors (Lipinski definition) is 1. The minimum atomic E-state index is -0.0411. The molecule has 2 heterocycles. The van der Waals surface area contributed by atoms with E-state index < -0.39 is 0 Å². The van der Waals surface area contributed by atoms with Gasteiger partial charge in [0, 0.05) is 28.5 Å². The Bertz CT molecular complexity index is 1200. The molecule has 0 saturated heterocycles. The Morgan fingerprint density at radius 3 is 2.81 bits per heavy atom. The average molecular weight is 473 g/mol. The molecule has 160 valence electrons. The molecule has 2 aromatic heterocycles. The van der Waals surface area contributed by atoms with Crippen LogP contribution in [0.4, 0.5) is 5.82 Å². The van der Waals surface area contributed by atoms with Crippen LogP contribution in [-0.2, 0) is 4.79 Å². The lowest BCUT2D eigenvalue weighted by atomic mass is 10.3. The molecular formula is C22H21ClN4O2S2. The zero-order chi connectivity index (χ0) is 21.8. The molecule has 0 radical (unpaired) electrons. The van der Waals surface area contributed by atoms with Gasteiger partial charge in [-0.2, -0.15) is 9.78 Å². The number of hydrogen-bond acceptors (Lipinski definition) is 6. The second kappa shape index (κ2) is 9.72. The fraction of sp³-hybridized carbons (Fsp3) is 0.227. The summed E-state index contributed by atoms with van der Waals surface area (Å²) < 4.78 is 7.99. The largest absolute Gasteiger partial charge is 0.497 e. The summed E-state index contributed by atoms with van der Waals surface area (Å²) in [7, 11) is 1.63. The smallest absolute Gasteiger partial charge is 0.225 e. The number of nitrogens with one attached hydrogen (secondary N) is 1. The number of nitrogens with zero attached hydrogens (tertiary/aromatic N) is 3. The van der Waals surface area contributed by atoms with Crippen molar-refractivity contribution >= 4 is 56.6 Å². The summed E-state index contributed by atoms with van der Waals surface area (Å²) in [6, 6.07) is 15.3. The van der Waals surface area contributed by atoms with Crippen LogP contribution < -0.4 is 10.1 Å². The fourth-order valence-corrected chi connectivity index (χ4v) is 4.90. The van der Waals surface area contributed by atoms with Gasteiger partial charge in [0.05, 0.1) is 23.0 Å². The molecule has 0 saturated carbocycles. The molecule has 0 aliphatic rings. The molecule has 0 atom stereocenters. The number of amides is 1. The van der Waals surface area contributed by atoms with Gasteiger partial charge >= 0.3 is 0 Å². The number of methoxy groups -OCH3 is 1. The minimum absolute atomic E-state index is 0.0411. The predicted molar refractivity (Wildman–Crippen MR) is 128 cm³/mol. The first kappa shape index (κ1) is 21.7. The number of thioether (sulfide) groups is 1. The van der Waals surface area contributed by atoms with E-state index in [1.807, 2.05) is 55.5 Å². The van der Waals surface area contributed by atoms with E-state index in [-0.39, 0.29) is 5.91 Å². The summed E-state index contributed by atoms with van der Waals surface area (Å²) in [5.74, 6) is 2.19. The van der Waals surface area contributed by atoms with Crippen molar-refractivity contribution in [1.29, 1.82) is 0 Å². The third-order valence-corrected chi connectivity index (χ3v) is 6.86. The lowest BCUT2D eigenvalue weighted by molar-refractivity contribution is -0.116. The van der Waals surface area contributed by atoms with Crippen molar-refractivity contribution in [3.05, 3.63) is 59.2 Å². The van der Waals surface area contributed by atoms with Gasteiger partial charge in [-0.25, -0.2) is 4.98 Å². The predicted octanol–water partition coefficient (Wildman–Crippen LogP) is 5.96. The topological polar surface area (TPSA) is 69.0 Å². The van der Waals surface area contributed by atoms with Gasteiger partial charge in [0.25, 0.3) is 0 Å². The Morgan fingerprint density at radius 1 is 1.23 bits per heavy atom. The Hall–Kier alpha value is -2.55. The maximum absolute atomic E-state index is 12.5. The normalized spacial score (nSPS) is 11.1. The van der Waals surface area contributed by atoms with Gasteiger partial charge in [0.1, 0.15) is 11.6 Å². The van der Waals surface area contributed by atoms with Crippen molar-refractivity contribution in [1.82, 2.24) is 14.8 Å². The number of rotatable bonds is 8. The summed E-state index contributed by atoms with van der Waals surface area (Å²) in [4.78, 5) is 18.3. The van der Waals surface area contributed by atoms with E-state index in [2.05, 4.69) is 15.4 Å². The number of anilines is 1. The maximum atomic E-state index is 12.5. The fourth-order valence-electron chi connectivity index (χ4n) is 3.01. The number of aromatic nitrogens is 3. The SMILES string of the molecule is COc1ccc2sc(-n3nc(C)cc3NC(=O)CCCSc3ccc(Cl)cc3)nc2c1. The Morgan fingerprint density at radius 2 is 2.03 bits per heavy atom. The number of benzene rings is 2. The zero-order valence-electron chi connectivity index (χ0n) is 17.1. The molecule has 0 aliphatic heterocycles. The van der Waals surface area contributed by atoms with Crippen molar-refractivity contribution in [2.75, 3.05) is 18.2 Å². The van der Waals surface area contributed by atoms with Crippen molar-refractivity contribution in [3.8, 4) is 10.9 Å². The number of ether oxygens (including phenoxy) is 1. The van der Waals surface area contributed by atoms with E-state index in [0.29, 0.717) is 17.4 Å². The zero-order valence-corrected chi connectivity index (χ0v) is 19.5. The maximum Gasteiger partial charge on any atom is 0.225 e. The van der Waals surface area contributed by atoms with Crippen LogP contribution in [0.1, 0.15) is 18.5 Å². The van der Waals surface area contributed by atoms with Gasteiger partial charge in [0.15, 0.2) is 0 Å². The van der Waals surface area contributed by atoms with Gasteiger partial charge in [-0.15, -0.1) is 11.8 Å². The standard InChI is InChI=1S/C22H21ClN4O2S2/c1-14-12-20(25-21(28)4-3-11-30-17-8-5-15(23)6-9-17)27(26-14)22-24-18-13-16(29-2)7-10-19(18)31-22/h5-10,12-13H,3-4,11H2,1-2H3,(H,25,28). The van der Waals surface area contributed by atoms with Crippen LogP contribution in [0.25, 0.3) is 15.3 Å². The molecule has 0 spiro atoms. The molecule has 9 heteroatoms. The highest BCUT2D eigenvalue weighted by Crippen LogP contribution is 2.30. The van der Waals surface area contributed by atoms with E-state index in [1.54, 1.807) is 23.6 Å². The van der Waals surface area contributed by atoms with Crippen LogP contribution in [0, 0.1) is 6.92 Å². The molecular weight excluding hydrogens is 452 g/mol. The number of halogens is 1. The molecule has 0 fully saturated rings. The van der Waals surface area contributed by atoms with Crippen LogP contribution >= 0.6 is 34.7 Å². The molecule has 2 aromatic carbocycles. The molecule has 0 bridgehead atoms. The van der Waals surface area contributed by atoms with Crippen LogP contribution in [0.3, 0.4) is 0 Å². The van der Waals surface area contributed by atoms with E-state index >= 15 is 0 Å². The quantitative estimate of drug-likeness (QED) is 0.253. The summed E-state index contributed by atoms with van der Waals surface area (Å²) in [5, 5.41) is 8.92. The second-order valence-electron chi connectivity index (χ2n) is 6.87. The van der Waals surface area contributed by atoms with Crippen LogP contribution in [-0.4, -0.2) is 33.5 Å². The first-order valence-corrected chi connectivity index (χ1v) is 11.9. The van der Waals surface area contributed by atoms with Gasteiger partial charge in [-0.05, 0) is 55.5 Å². The molecule has 1 amide bonds. The van der Waals surface area contributed by atoms with E-state index in [0.717, 1.165) is 43.8 Å². The molecule has 1 N–H and O–H groups in total. The van der Waals surface area contributed by atoms with Crippen LogP contribution in [0.2, 0.25) is 5.02 Å². The lowest BCUT2D eigenvalue weighted by Crippen LogP contribution is -2.14. The highest BCUT2D eigenvalue weighted by molar-refractivity contribution is 7.99. The van der Waals surface area contributed by atoms with E-state index in [1.165, 1.54) is 11.3 Å². The monoisotopic (exact) mass is 472 g/mol. The van der Waals surface area contributed by atoms with Crippen LogP contribution in [0.5, 0.6) is 5.75 Å². The third-order valence-electron chi connectivity index (χ3n) is 4.49. The van der Waals surface area contributed by atoms with Gasteiger partial charge in [-0.1, -0.05) is 22.9 Å². The van der Waals surface area contributed by atoms with Crippen molar-refractivity contribution in [3.63, 3.8) is 0 Å². The first-order chi connectivity index (χ1) is 15.0. The van der Waals surface area contributed by atoms with Gasteiger partial charge in [0.2, 0.25) is 11.0 Å². The average Bonchev–Trinajstić information content (AvgIpc) is 3.34. The summed E-state index contributed by atoms with van der Waals surface area (Å²) in [5.41, 5.74) is 1.65. The van der Waals surface area contributed by atoms with E-state index in [4.69, 9.17) is 16.3 Å². The van der Waals surface area contributed by atoms with Crippen LogP contribution in [0.15, 0.2) is 53.4 Å². The number of thiazole rings is 1. The highest BCUT2D eigenvalue weighted by Gasteiger charge is 2.15.